The smallest absolute Gasteiger partial charge is 0.275 e. The van der Waals surface area contributed by atoms with Crippen molar-refractivity contribution in [2.75, 3.05) is 29.0 Å². The Balaban J connectivity index is 1.76. The van der Waals surface area contributed by atoms with E-state index in [1.807, 2.05) is 18.2 Å². The van der Waals surface area contributed by atoms with Crippen molar-refractivity contribution in [2.45, 2.75) is 12.8 Å². The summed E-state index contributed by atoms with van der Waals surface area (Å²) in [7, 11) is 0. The van der Waals surface area contributed by atoms with Gasteiger partial charge in [0.2, 0.25) is 0 Å². The molecule has 2 aromatic rings. The first-order chi connectivity index (χ1) is 9.74. The van der Waals surface area contributed by atoms with Crippen molar-refractivity contribution >= 4 is 23.0 Å². The Hall–Kier alpha value is -2.50. The predicted molar refractivity (Wildman–Crippen MR) is 78.8 cm³/mol. The first-order valence-corrected chi connectivity index (χ1v) is 6.69. The highest BCUT2D eigenvalue weighted by Gasteiger charge is 2.14. The molecule has 3 rings (SSSR count). The van der Waals surface area contributed by atoms with Crippen molar-refractivity contribution in [3.05, 3.63) is 36.2 Å². The van der Waals surface area contributed by atoms with Crippen LogP contribution in [0.2, 0.25) is 0 Å². The molecule has 1 amide bonds. The first kappa shape index (κ1) is 12.5. The lowest BCUT2D eigenvalue weighted by atomic mass is 10.2. The molecule has 6 heteroatoms. The van der Waals surface area contributed by atoms with E-state index in [-0.39, 0.29) is 11.6 Å². The molecule has 0 unspecified atom stereocenters. The van der Waals surface area contributed by atoms with E-state index in [0.717, 1.165) is 24.5 Å². The Bertz CT molecular complexity index is 616. The standard InChI is InChI=1S/C14H17N5O/c15-12-9-16-18-13(12)14(20)17-10-4-3-5-11(8-10)19-6-1-2-7-19/h3-5,8-9H,1-2,6-7,15H2,(H,16,18)(H,17,20). The van der Waals surface area contributed by atoms with Gasteiger partial charge in [0, 0.05) is 24.5 Å². The third kappa shape index (κ3) is 2.45. The fourth-order valence-electron chi connectivity index (χ4n) is 2.43. The lowest BCUT2D eigenvalue weighted by Crippen LogP contribution is -2.18. The fourth-order valence-corrected chi connectivity index (χ4v) is 2.43. The summed E-state index contributed by atoms with van der Waals surface area (Å²) in [5.41, 5.74) is 8.19. The average molecular weight is 271 g/mol. The van der Waals surface area contributed by atoms with Crippen LogP contribution in [-0.4, -0.2) is 29.2 Å². The normalized spacial score (nSPS) is 14.5. The highest BCUT2D eigenvalue weighted by atomic mass is 16.2. The van der Waals surface area contributed by atoms with Crippen molar-refractivity contribution in [2.24, 2.45) is 0 Å². The van der Waals surface area contributed by atoms with Crippen LogP contribution in [0.3, 0.4) is 0 Å². The molecular formula is C14H17N5O. The maximum atomic E-state index is 12.1. The Morgan fingerprint density at radius 2 is 2.15 bits per heavy atom. The van der Waals surface area contributed by atoms with E-state index >= 15 is 0 Å². The highest BCUT2D eigenvalue weighted by molar-refractivity contribution is 6.06. The van der Waals surface area contributed by atoms with Gasteiger partial charge in [-0.15, -0.1) is 0 Å². The van der Waals surface area contributed by atoms with Gasteiger partial charge in [-0.05, 0) is 31.0 Å². The molecule has 1 aromatic carbocycles. The summed E-state index contributed by atoms with van der Waals surface area (Å²) in [5, 5.41) is 9.18. The van der Waals surface area contributed by atoms with Crippen LogP contribution in [0.5, 0.6) is 0 Å². The fraction of sp³-hybridized carbons (Fsp3) is 0.286. The van der Waals surface area contributed by atoms with Gasteiger partial charge in [0.05, 0.1) is 11.9 Å². The number of hydrogen-bond acceptors (Lipinski definition) is 4. The van der Waals surface area contributed by atoms with E-state index in [0.29, 0.717) is 5.69 Å². The van der Waals surface area contributed by atoms with E-state index in [1.54, 1.807) is 0 Å². The van der Waals surface area contributed by atoms with Gasteiger partial charge in [0.15, 0.2) is 0 Å². The maximum Gasteiger partial charge on any atom is 0.275 e. The summed E-state index contributed by atoms with van der Waals surface area (Å²) in [5.74, 6) is -0.279. The van der Waals surface area contributed by atoms with Crippen molar-refractivity contribution in [3.63, 3.8) is 0 Å². The van der Waals surface area contributed by atoms with E-state index in [1.165, 1.54) is 19.0 Å². The molecule has 1 aliphatic rings. The maximum absolute atomic E-state index is 12.1. The second-order valence-corrected chi connectivity index (χ2v) is 4.90. The molecule has 1 aromatic heterocycles. The number of carbonyl (C=O) groups excluding carboxylic acids is 1. The molecule has 0 saturated carbocycles. The van der Waals surface area contributed by atoms with Crippen LogP contribution >= 0.6 is 0 Å². The zero-order valence-electron chi connectivity index (χ0n) is 11.1. The van der Waals surface area contributed by atoms with Crippen LogP contribution in [0.15, 0.2) is 30.5 Å². The Morgan fingerprint density at radius 1 is 1.35 bits per heavy atom. The Kier molecular flexibility index (Phi) is 3.28. The molecule has 4 N–H and O–H groups in total. The van der Waals surface area contributed by atoms with Gasteiger partial charge < -0.3 is 16.0 Å². The summed E-state index contributed by atoms with van der Waals surface area (Å²) in [6.45, 7) is 2.15. The number of H-pyrrole nitrogens is 1. The van der Waals surface area contributed by atoms with Crippen LogP contribution < -0.4 is 16.0 Å². The van der Waals surface area contributed by atoms with Gasteiger partial charge >= 0.3 is 0 Å². The lowest BCUT2D eigenvalue weighted by molar-refractivity contribution is 0.102. The topological polar surface area (TPSA) is 87.0 Å². The van der Waals surface area contributed by atoms with Crippen LogP contribution in [0.1, 0.15) is 23.3 Å². The Labute approximate surface area is 117 Å². The SMILES string of the molecule is Nc1cn[nH]c1C(=O)Nc1cccc(N2CCCC2)c1. The number of amides is 1. The minimum absolute atomic E-state index is 0.279. The summed E-state index contributed by atoms with van der Waals surface area (Å²) in [4.78, 5) is 14.4. The molecule has 1 fully saturated rings. The van der Waals surface area contributed by atoms with E-state index < -0.39 is 0 Å². The summed E-state index contributed by atoms with van der Waals surface area (Å²) in [6.07, 6.45) is 3.87. The largest absolute Gasteiger partial charge is 0.396 e. The van der Waals surface area contributed by atoms with Gasteiger partial charge in [0.25, 0.3) is 5.91 Å². The second kappa shape index (κ2) is 5.24. The van der Waals surface area contributed by atoms with Crippen molar-refractivity contribution in [1.29, 1.82) is 0 Å². The monoisotopic (exact) mass is 271 g/mol. The number of nitrogens with two attached hydrogens (primary N) is 1. The lowest BCUT2D eigenvalue weighted by Gasteiger charge is -2.18. The van der Waals surface area contributed by atoms with Crippen LogP contribution in [0.4, 0.5) is 17.1 Å². The quantitative estimate of drug-likeness (QED) is 0.795. The molecule has 2 heterocycles. The summed E-state index contributed by atoms with van der Waals surface area (Å²) >= 11 is 0. The van der Waals surface area contributed by atoms with Gasteiger partial charge in [-0.1, -0.05) is 6.07 Å². The number of nitrogen functional groups attached to an aromatic ring is 1. The van der Waals surface area contributed by atoms with Crippen LogP contribution in [0.25, 0.3) is 0 Å². The number of anilines is 3. The van der Waals surface area contributed by atoms with Crippen LogP contribution in [0, 0.1) is 0 Å². The third-order valence-corrected chi connectivity index (χ3v) is 3.47. The Morgan fingerprint density at radius 3 is 2.85 bits per heavy atom. The molecular weight excluding hydrogens is 254 g/mol. The van der Waals surface area contributed by atoms with Gasteiger partial charge in [-0.25, -0.2) is 0 Å². The summed E-state index contributed by atoms with van der Waals surface area (Å²) in [6, 6.07) is 7.85. The van der Waals surface area contributed by atoms with E-state index in [9.17, 15) is 4.79 Å². The van der Waals surface area contributed by atoms with Gasteiger partial charge in [-0.2, -0.15) is 5.10 Å². The van der Waals surface area contributed by atoms with Gasteiger partial charge in [0.1, 0.15) is 5.69 Å². The van der Waals surface area contributed by atoms with Crippen LogP contribution in [-0.2, 0) is 0 Å². The molecule has 1 aliphatic heterocycles. The second-order valence-electron chi connectivity index (χ2n) is 4.90. The molecule has 0 aliphatic carbocycles. The number of carbonyl (C=O) groups is 1. The van der Waals surface area contributed by atoms with Crippen molar-refractivity contribution < 1.29 is 4.79 Å². The number of nitrogens with one attached hydrogen (secondary N) is 2. The number of rotatable bonds is 3. The average Bonchev–Trinajstić information content (AvgIpc) is 3.09. The van der Waals surface area contributed by atoms with Gasteiger partial charge in [-0.3, -0.25) is 9.89 Å². The molecule has 6 nitrogen and oxygen atoms in total. The zero-order chi connectivity index (χ0) is 13.9. The number of aromatic amines is 1. The zero-order valence-corrected chi connectivity index (χ0v) is 11.1. The minimum atomic E-state index is -0.279. The number of hydrogen-bond donors (Lipinski definition) is 3. The minimum Gasteiger partial charge on any atom is -0.396 e. The highest BCUT2D eigenvalue weighted by Crippen LogP contribution is 2.23. The first-order valence-electron chi connectivity index (χ1n) is 6.69. The third-order valence-electron chi connectivity index (χ3n) is 3.47. The molecule has 0 spiro atoms. The molecule has 0 bridgehead atoms. The predicted octanol–water partition coefficient (Wildman–Crippen LogP) is 1.84. The van der Waals surface area contributed by atoms with Crippen molar-refractivity contribution in [1.82, 2.24) is 10.2 Å². The molecule has 0 radical (unpaired) electrons. The molecule has 104 valence electrons. The number of benzene rings is 1. The molecule has 0 atom stereocenters. The van der Waals surface area contributed by atoms with E-state index in [4.69, 9.17) is 5.73 Å². The molecule has 20 heavy (non-hydrogen) atoms. The van der Waals surface area contributed by atoms with Crippen molar-refractivity contribution in [3.8, 4) is 0 Å². The molecule has 1 saturated heterocycles. The summed E-state index contributed by atoms with van der Waals surface area (Å²) < 4.78 is 0. The number of aromatic nitrogens is 2. The number of nitrogens with zero attached hydrogens (tertiary/aromatic N) is 2. The van der Waals surface area contributed by atoms with E-state index in [2.05, 4.69) is 26.5 Å².